The first-order valence-electron chi connectivity index (χ1n) is 7.90. The van der Waals surface area contributed by atoms with Crippen LogP contribution in [-0.2, 0) is 12.8 Å². The first-order chi connectivity index (χ1) is 9.69. The standard InChI is InChI=1S/C17H28N2O/c1-4-15-13-17(20-14(2)3)6-5-16(15)7-10-19-11-8-18-9-12-19/h5-6,13-14,18H,4,7-12H2,1-3H3. The third kappa shape index (κ3) is 4.50. The van der Waals surface area contributed by atoms with Gasteiger partial charge in [0.05, 0.1) is 6.10 Å². The van der Waals surface area contributed by atoms with E-state index in [-0.39, 0.29) is 6.10 Å². The Labute approximate surface area is 123 Å². The normalized spacial score (nSPS) is 16.6. The van der Waals surface area contributed by atoms with Gasteiger partial charge in [-0.05, 0) is 49.9 Å². The average Bonchev–Trinajstić information content (AvgIpc) is 2.46. The predicted molar refractivity (Wildman–Crippen MR) is 84.6 cm³/mol. The third-order valence-electron chi connectivity index (χ3n) is 3.84. The minimum absolute atomic E-state index is 0.242. The van der Waals surface area contributed by atoms with Crippen LogP contribution in [-0.4, -0.2) is 43.7 Å². The van der Waals surface area contributed by atoms with Crippen LogP contribution in [0.1, 0.15) is 31.9 Å². The van der Waals surface area contributed by atoms with Gasteiger partial charge in [-0.15, -0.1) is 0 Å². The summed E-state index contributed by atoms with van der Waals surface area (Å²) in [5.41, 5.74) is 2.90. The molecule has 2 rings (SSSR count). The monoisotopic (exact) mass is 276 g/mol. The minimum atomic E-state index is 0.242. The highest BCUT2D eigenvalue weighted by atomic mass is 16.5. The Morgan fingerprint density at radius 1 is 1.20 bits per heavy atom. The fourth-order valence-corrected chi connectivity index (χ4v) is 2.73. The van der Waals surface area contributed by atoms with E-state index in [9.17, 15) is 0 Å². The summed E-state index contributed by atoms with van der Waals surface area (Å²) >= 11 is 0. The van der Waals surface area contributed by atoms with Gasteiger partial charge in [0.1, 0.15) is 5.75 Å². The molecule has 1 fully saturated rings. The van der Waals surface area contributed by atoms with Crippen LogP contribution in [0.4, 0.5) is 0 Å². The van der Waals surface area contributed by atoms with Crippen molar-refractivity contribution in [1.82, 2.24) is 10.2 Å². The van der Waals surface area contributed by atoms with Crippen LogP contribution in [0.25, 0.3) is 0 Å². The lowest BCUT2D eigenvalue weighted by atomic mass is 10.0. The lowest BCUT2D eigenvalue weighted by Gasteiger charge is -2.27. The Balaban J connectivity index is 1.95. The summed E-state index contributed by atoms with van der Waals surface area (Å²) in [7, 11) is 0. The van der Waals surface area contributed by atoms with Crippen LogP contribution in [0, 0.1) is 0 Å². The van der Waals surface area contributed by atoms with Gasteiger partial charge in [-0.3, -0.25) is 0 Å². The summed E-state index contributed by atoms with van der Waals surface area (Å²) in [6.07, 6.45) is 2.46. The second-order valence-corrected chi connectivity index (χ2v) is 5.79. The largest absolute Gasteiger partial charge is 0.491 e. The van der Waals surface area contributed by atoms with Crippen molar-refractivity contribution >= 4 is 0 Å². The Kier molecular flexibility index (Phi) is 5.86. The highest BCUT2D eigenvalue weighted by Gasteiger charge is 2.11. The molecule has 1 aliphatic heterocycles. The predicted octanol–water partition coefficient (Wildman–Crippen LogP) is 2.48. The quantitative estimate of drug-likeness (QED) is 0.864. The van der Waals surface area contributed by atoms with Crippen LogP contribution >= 0.6 is 0 Å². The molecule has 0 unspecified atom stereocenters. The van der Waals surface area contributed by atoms with Crippen molar-refractivity contribution in [1.29, 1.82) is 0 Å². The van der Waals surface area contributed by atoms with Gasteiger partial charge in [0.2, 0.25) is 0 Å². The number of piperazine rings is 1. The number of benzene rings is 1. The van der Waals surface area contributed by atoms with E-state index < -0.39 is 0 Å². The molecule has 0 radical (unpaired) electrons. The Morgan fingerprint density at radius 2 is 1.95 bits per heavy atom. The molecular weight excluding hydrogens is 248 g/mol. The second-order valence-electron chi connectivity index (χ2n) is 5.79. The third-order valence-corrected chi connectivity index (χ3v) is 3.84. The molecule has 0 aromatic heterocycles. The number of ether oxygens (including phenoxy) is 1. The highest BCUT2D eigenvalue weighted by molar-refractivity contribution is 5.36. The van der Waals surface area contributed by atoms with Gasteiger partial charge in [-0.1, -0.05) is 13.0 Å². The van der Waals surface area contributed by atoms with Gasteiger partial charge < -0.3 is 15.0 Å². The molecule has 1 aliphatic rings. The van der Waals surface area contributed by atoms with Crippen LogP contribution in [0.3, 0.4) is 0 Å². The molecule has 3 heteroatoms. The SMILES string of the molecule is CCc1cc(OC(C)C)ccc1CCN1CCNCC1. The number of nitrogens with zero attached hydrogens (tertiary/aromatic N) is 1. The van der Waals surface area contributed by atoms with E-state index in [1.807, 2.05) is 0 Å². The molecule has 1 aromatic rings. The van der Waals surface area contributed by atoms with Crippen LogP contribution in [0.15, 0.2) is 18.2 Å². The van der Waals surface area contributed by atoms with Gasteiger partial charge >= 0.3 is 0 Å². The maximum atomic E-state index is 5.79. The molecule has 20 heavy (non-hydrogen) atoms. The molecule has 0 bridgehead atoms. The maximum Gasteiger partial charge on any atom is 0.119 e. The summed E-state index contributed by atoms with van der Waals surface area (Å²) in [5.74, 6) is 1.00. The Hall–Kier alpha value is -1.06. The van der Waals surface area contributed by atoms with Crippen molar-refractivity contribution in [3.8, 4) is 5.75 Å². The van der Waals surface area contributed by atoms with E-state index in [4.69, 9.17) is 4.74 Å². The number of rotatable bonds is 6. The van der Waals surface area contributed by atoms with E-state index in [2.05, 4.69) is 49.2 Å². The van der Waals surface area contributed by atoms with Gasteiger partial charge in [0.25, 0.3) is 0 Å². The first-order valence-corrected chi connectivity index (χ1v) is 7.90. The minimum Gasteiger partial charge on any atom is -0.491 e. The van der Waals surface area contributed by atoms with Gasteiger partial charge in [-0.2, -0.15) is 0 Å². The average molecular weight is 276 g/mol. The molecule has 1 N–H and O–H groups in total. The molecule has 112 valence electrons. The Bertz CT molecular complexity index is 411. The first kappa shape index (κ1) is 15.3. The lowest BCUT2D eigenvalue weighted by molar-refractivity contribution is 0.241. The van der Waals surface area contributed by atoms with Crippen LogP contribution in [0.5, 0.6) is 5.75 Å². The van der Waals surface area contributed by atoms with Crippen molar-refractivity contribution in [3.05, 3.63) is 29.3 Å². The summed E-state index contributed by atoms with van der Waals surface area (Å²) in [6.45, 7) is 12.1. The van der Waals surface area contributed by atoms with Crippen molar-refractivity contribution < 1.29 is 4.74 Å². The van der Waals surface area contributed by atoms with Crippen LogP contribution < -0.4 is 10.1 Å². The summed E-state index contributed by atoms with van der Waals surface area (Å²) in [5, 5.41) is 3.40. The number of hydrogen-bond donors (Lipinski definition) is 1. The van der Waals surface area contributed by atoms with Crippen molar-refractivity contribution in [2.24, 2.45) is 0 Å². The van der Waals surface area contributed by atoms with Crippen molar-refractivity contribution in [3.63, 3.8) is 0 Å². The smallest absolute Gasteiger partial charge is 0.119 e. The van der Waals surface area contributed by atoms with E-state index in [1.54, 1.807) is 0 Å². The van der Waals surface area contributed by atoms with Crippen LogP contribution in [0.2, 0.25) is 0 Å². The lowest BCUT2D eigenvalue weighted by Crippen LogP contribution is -2.44. The number of aryl methyl sites for hydroxylation is 1. The molecule has 0 spiro atoms. The zero-order valence-corrected chi connectivity index (χ0v) is 13.1. The van der Waals surface area contributed by atoms with E-state index in [0.717, 1.165) is 31.7 Å². The van der Waals surface area contributed by atoms with Crippen molar-refractivity contribution in [2.75, 3.05) is 32.7 Å². The summed E-state index contributed by atoms with van der Waals surface area (Å²) < 4.78 is 5.79. The molecule has 1 saturated heterocycles. The molecule has 0 saturated carbocycles. The zero-order chi connectivity index (χ0) is 14.4. The number of hydrogen-bond acceptors (Lipinski definition) is 3. The zero-order valence-electron chi connectivity index (χ0n) is 13.1. The molecule has 1 heterocycles. The molecule has 1 aromatic carbocycles. The van der Waals surface area contributed by atoms with Crippen molar-refractivity contribution in [2.45, 2.75) is 39.7 Å². The van der Waals surface area contributed by atoms with Gasteiger partial charge in [0, 0.05) is 32.7 Å². The Morgan fingerprint density at radius 3 is 2.60 bits per heavy atom. The number of nitrogens with one attached hydrogen (secondary N) is 1. The second kappa shape index (κ2) is 7.65. The molecule has 0 aliphatic carbocycles. The van der Waals surface area contributed by atoms with E-state index >= 15 is 0 Å². The maximum absolute atomic E-state index is 5.79. The molecule has 0 amide bonds. The van der Waals surface area contributed by atoms with Gasteiger partial charge in [0.15, 0.2) is 0 Å². The summed E-state index contributed by atoms with van der Waals surface area (Å²) in [4.78, 5) is 2.55. The fourth-order valence-electron chi connectivity index (χ4n) is 2.73. The topological polar surface area (TPSA) is 24.5 Å². The van der Waals surface area contributed by atoms with Gasteiger partial charge in [-0.25, -0.2) is 0 Å². The molecule has 0 atom stereocenters. The van der Waals surface area contributed by atoms with E-state index in [0.29, 0.717) is 0 Å². The summed E-state index contributed by atoms with van der Waals surface area (Å²) in [6, 6.07) is 6.58. The molecular formula is C17H28N2O. The molecule has 3 nitrogen and oxygen atoms in total. The van der Waals surface area contributed by atoms with E-state index in [1.165, 1.54) is 30.8 Å². The fraction of sp³-hybridized carbons (Fsp3) is 0.647. The highest BCUT2D eigenvalue weighted by Crippen LogP contribution is 2.20.